The first-order valence-corrected chi connectivity index (χ1v) is 8.11. The number of rotatable bonds is 6. The van der Waals surface area contributed by atoms with Crippen LogP contribution >= 0.6 is 0 Å². The number of piperidine rings is 1. The predicted octanol–water partition coefficient (Wildman–Crippen LogP) is 0.543. The van der Waals surface area contributed by atoms with Crippen LogP contribution in [0.4, 0.5) is 11.6 Å². The summed E-state index contributed by atoms with van der Waals surface area (Å²) >= 11 is 0. The molecule has 3 N–H and O–H groups in total. The summed E-state index contributed by atoms with van der Waals surface area (Å²) in [7, 11) is 0. The van der Waals surface area contributed by atoms with E-state index in [2.05, 4.69) is 30.2 Å². The van der Waals surface area contributed by atoms with Crippen molar-refractivity contribution >= 4 is 11.6 Å². The maximum Gasteiger partial charge on any atom is 0.153 e. The molecule has 8 heteroatoms. The average Bonchev–Trinajstić information content (AvgIpc) is 2.65. The van der Waals surface area contributed by atoms with Gasteiger partial charge in [-0.2, -0.15) is 0 Å². The van der Waals surface area contributed by atoms with Crippen LogP contribution in [0.3, 0.4) is 0 Å². The van der Waals surface area contributed by atoms with E-state index < -0.39 is 0 Å². The fraction of sp³-hybridized carbons (Fsp3) is 0.500. The van der Waals surface area contributed by atoms with Crippen molar-refractivity contribution in [1.29, 1.82) is 0 Å². The van der Waals surface area contributed by atoms with Crippen LogP contribution in [0.2, 0.25) is 0 Å². The molecule has 3 rings (SSSR count). The van der Waals surface area contributed by atoms with Crippen molar-refractivity contribution in [2.75, 3.05) is 31.6 Å². The first-order valence-electron chi connectivity index (χ1n) is 8.11. The van der Waals surface area contributed by atoms with Gasteiger partial charge in [-0.3, -0.25) is 14.9 Å². The van der Waals surface area contributed by atoms with Crippen LogP contribution in [-0.2, 0) is 0 Å². The van der Waals surface area contributed by atoms with E-state index >= 15 is 0 Å². The molecule has 0 aliphatic carbocycles. The zero-order valence-corrected chi connectivity index (χ0v) is 13.4. The van der Waals surface area contributed by atoms with Crippen molar-refractivity contribution in [2.24, 2.45) is 0 Å². The summed E-state index contributed by atoms with van der Waals surface area (Å²) in [5.74, 6) is 1.63. The summed E-state index contributed by atoms with van der Waals surface area (Å²) in [5, 5.41) is 21.8. The van der Waals surface area contributed by atoms with Gasteiger partial charge in [-0.05, 0) is 25.9 Å². The van der Waals surface area contributed by atoms with E-state index in [4.69, 9.17) is 0 Å². The molecule has 0 aromatic carbocycles. The molecular weight excluding hydrogens is 308 g/mol. The van der Waals surface area contributed by atoms with Crippen molar-refractivity contribution in [1.82, 2.24) is 24.8 Å². The van der Waals surface area contributed by atoms with Crippen molar-refractivity contribution in [3.05, 3.63) is 36.7 Å². The highest BCUT2D eigenvalue weighted by atomic mass is 16.3. The van der Waals surface area contributed by atoms with Crippen LogP contribution in [0.15, 0.2) is 31.0 Å². The predicted molar refractivity (Wildman–Crippen MR) is 88.9 cm³/mol. The lowest BCUT2D eigenvalue weighted by molar-refractivity contribution is 0.0567. The van der Waals surface area contributed by atoms with E-state index in [0.29, 0.717) is 11.6 Å². The third kappa shape index (κ3) is 3.84. The minimum atomic E-state index is -0.176. The van der Waals surface area contributed by atoms with Gasteiger partial charge in [0.2, 0.25) is 0 Å². The summed E-state index contributed by atoms with van der Waals surface area (Å²) in [4.78, 5) is 19.3. The number of nitrogens with zero attached hydrogens (tertiary/aromatic N) is 5. The summed E-state index contributed by atoms with van der Waals surface area (Å²) in [5.41, 5.74) is 0.923. The van der Waals surface area contributed by atoms with E-state index in [9.17, 15) is 10.2 Å². The quantitative estimate of drug-likeness (QED) is 0.704. The van der Waals surface area contributed by atoms with Crippen LogP contribution in [0.25, 0.3) is 0 Å². The van der Waals surface area contributed by atoms with Crippen LogP contribution in [0.5, 0.6) is 0 Å². The van der Waals surface area contributed by atoms with Gasteiger partial charge < -0.3 is 15.5 Å². The smallest absolute Gasteiger partial charge is 0.153 e. The fourth-order valence-corrected chi connectivity index (χ4v) is 3.06. The fourth-order valence-electron chi connectivity index (χ4n) is 3.06. The number of likely N-dealkylation sites (tertiary alicyclic amines) is 1. The Morgan fingerprint density at radius 2 is 1.75 bits per heavy atom. The number of hydrogen-bond donors (Lipinski definition) is 3. The maximum atomic E-state index is 9.32. The van der Waals surface area contributed by atoms with Gasteiger partial charge in [0.05, 0.1) is 31.1 Å². The lowest BCUT2D eigenvalue weighted by atomic mass is 9.92. The highest BCUT2D eigenvalue weighted by molar-refractivity contribution is 5.53. The second-order valence-corrected chi connectivity index (χ2v) is 5.84. The van der Waals surface area contributed by atoms with Gasteiger partial charge in [-0.25, -0.2) is 9.97 Å². The molecular formula is C16H22N6O2. The summed E-state index contributed by atoms with van der Waals surface area (Å²) < 4.78 is 0. The Bertz CT molecular complexity index is 629. The molecule has 2 aromatic rings. The number of aliphatic hydroxyl groups is 2. The van der Waals surface area contributed by atoms with Crippen LogP contribution in [0.1, 0.15) is 24.5 Å². The number of anilines is 2. The largest absolute Gasteiger partial charge is 0.395 e. The standard InChI is InChI=1S/C16H22N6O2/c23-10-13(11-24)22-7-1-12(2-8-22)15-16(20-6-5-19-15)21-14-9-17-3-4-18-14/h3-6,9,12-13,23-24H,1-2,7-8,10-11H2,(H,18,20,21). The van der Waals surface area contributed by atoms with Crippen molar-refractivity contribution in [2.45, 2.75) is 24.8 Å². The second kappa shape index (κ2) is 8.09. The van der Waals surface area contributed by atoms with Crippen LogP contribution in [0, 0.1) is 0 Å². The van der Waals surface area contributed by atoms with Crippen LogP contribution < -0.4 is 5.32 Å². The Kier molecular flexibility index (Phi) is 5.63. The lowest BCUT2D eigenvalue weighted by Gasteiger charge is -2.36. The Balaban J connectivity index is 1.70. The van der Waals surface area contributed by atoms with Gasteiger partial charge in [0.15, 0.2) is 5.82 Å². The number of aliphatic hydroxyl groups excluding tert-OH is 2. The normalized spacial score (nSPS) is 16.5. The van der Waals surface area contributed by atoms with Gasteiger partial charge in [-0.15, -0.1) is 0 Å². The molecule has 24 heavy (non-hydrogen) atoms. The van der Waals surface area contributed by atoms with Gasteiger partial charge in [0.25, 0.3) is 0 Å². The van der Waals surface area contributed by atoms with Gasteiger partial charge in [-0.1, -0.05) is 0 Å². The minimum absolute atomic E-state index is 0.0220. The van der Waals surface area contributed by atoms with Gasteiger partial charge in [0, 0.05) is 30.7 Å². The highest BCUT2D eigenvalue weighted by Gasteiger charge is 2.27. The third-order valence-electron chi connectivity index (χ3n) is 4.39. The molecule has 128 valence electrons. The molecule has 2 aromatic heterocycles. The topological polar surface area (TPSA) is 107 Å². The molecule has 3 heterocycles. The molecule has 0 radical (unpaired) electrons. The lowest BCUT2D eigenvalue weighted by Crippen LogP contribution is -2.45. The average molecular weight is 330 g/mol. The number of hydrogen-bond acceptors (Lipinski definition) is 8. The van der Waals surface area contributed by atoms with Crippen molar-refractivity contribution in [3.63, 3.8) is 0 Å². The Morgan fingerprint density at radius 3 is 2.42 bits per heavy atom. The molecule has 8 nitrogen and oxygen atoms in total. The van der Waals surface area contributed by atoms with E-state index in [1.54, 1.807) is 31.0 Å². The molecule has 1 aliphatic heterocycles. The summed E-state index contributed by atoms with van der Waals surface area (Å²) in [6.07, 6.45) is 10.1. The van der Waals surface area contributed by atoms with Crippen molar-refractivity contribution < 1.29 is 10.2 Å². The monoisotopic (exact) mass is 330 g/mol. The first-order chi connectivity index (χ1) is 11.8. The number of aromatic nitrogens is 4. The molecule has 0 atom stereocenters. The van der Waals surface area contributed by atoms with Gasteiger partial charge >= 0.3 is 0 Å². The number of nitrogens with one attached hydrogen (secondary N) is 1. The second-order valence-electron chi connectivity index (χ2n) is 5.84. The molecule has 1 saturated heterocycles. The van der Waals surface area contributed by atoms with E-state index in [1.165, 1.54) is 0 Å². The van der Waals surface area contributed by atoms with E-state index in [0.717, 1.165) is 31.6 Å². The summed E-state index contributed by atoms with van der Waals surface area (Å²) in [6.45, 7) is 1.59. The maximum absolute atomic E-state index is 9.32. The Labute approximate surface area is 140 Å². The zero-order valence-electron chi connectivity index (χ0n) is 13.4. The molecule has 1 aliphatic rings. The van der Waals surface area contributed by atoms with Gasteiger partial charge in [0.1, 0.15) is 5.82 Å². The van der Waals surface area contributed by atoms with E-state index in [-0.39, 0.29) is 25.2 Å². The Hall–Kier alpha value is -2.16. The first kappa shape index (κ1) is 16.7. The summed E-state index contributed by atoms with van der Waals surface area (Å²) in [6, 6.07) is -0.176. The molecule has 0 amide bonds. The van der Waals surface area contributed by atoms with E-state index in [1.807, 2.05) is 0 Å². The Morgan fingerprint density at radius 1 is 1.04 bits per heavy atom. The SMILES string of the molecule is OCC(CO)N1CCC(c2nccnc2Nc2cnccn2)CC1. The van der Waals surface area contributed by atoms with Crippen LogP contribution in [-0.4, -0.2) is 67.4 Å². The zero-order chi connectivity index (χ0) is 16.8. The molecule has 0 unspecified atom stereocenters. The van der Waals surface area contributed by atoms with Crippen molar-refractivity contribution in [3.8, 4) is 0 Å². The minimum Gasteiger partial charge on any atom is -0.395 e. The molecule has 1 fully saturated rings. The highest BCUT2D eigenvalue weighted by Crippen LogP contribution is 2.31. The third-order valence-corrected chi connectivity index (χ3v) is 4.39. The molecule has 0 spiro atoms. The molecule has 0 saturated carbocycles. The molecule has 0 bridgehead atoms.